The molecule has 0 bridgehead atoms. The van der Waals surface area contributed by atoms with E-state index in [-0.39, 0.29) is 12.4 Å². The molecule has 0 saturated carbocycles. The summed E-state index contributed by atoms with van der Waals surface area (Å²) >= 11 is 0. The van der Waals surface area contributed by atoms with Crippen LogP contribution in [-0.2, 0) is 9.57 Å². The van der Waals surface area contributed by atoms with E-state index < -0.39 is 0 Å². The van der Waals surface area contributed by atoms with Gasteiger partial charge in [0.25, 0.3) is 0 Å². The molecule has 0 aromatic carbocycles. The van der Waals surface area contributed by atoms with Crippen LogP contribution in [0.25, 0.3) is 0 Å². The van der Waals surface area contributed by atoms with E-state index in [0.717, 1.165) is 38.8 Å². The number of nitrogens with one attached hydrogen (secondary N) is 4. The summed E-state index contributed by atoms with van der Waals surface area (Å²) in [5.41, 5.74) is 3.35. The Labute approximate surface area is 175 Å². The van der Waals surface area contributed by atoms with Crippen molar-refractivity contribution in [1.82, 2.24) is 31.2 Å². The van der Waals surface area contributed by atoms with Crippen LogP contribution in [0.4, 0.5) is 0 Å². The topological polar surface area (TPSA) is 73.1 Å². The van der Waals surface area contributed by atoms with Gasteiger partial charge in [-0.2, -0.15) is 5.48 Å². The maximum atomic E-state index is 6.10. The first kappa shape index (κ1) is 20.6. The van der Waals surface area contributed by atoms with E-state index >= 15 is 0 Å². The second-order valence-electron chi connectivity index (χ2n) is 9.61. The van der Waals surface area contributed by atoms with E-state index in [4.69, 9.17) is 9.57 Å². The van der Waals surface area contributed by atoms with Crippen LogP contribution in [0.5, 0.6) is 0 Å². The van der Waals surface area contributed by atoms with E-state index in [1.165, 1.54) is 64.7 Å². The van der Waals surface area contributed by atoms with Crippen LogP contribution in [0.2, 0.25) is 0 Å². The molecule has 5 aliphatic heterocycles. The zero-order valence-electron chi connectivity index (χ0n) is 17.8. The highest BCUT2D eigenvalue weighted by molar-refractivity contribution is 4.92. The molecule has 5 atom stereocenters. The summed E-state index contributed by atoms with van der Waals surface area (Å²) < 4.78 is 5.50. The second-order valence-corrected chi connectivity index (χ2v) is 9.61. The van der Waals surface area contributed by atoms with E-state index in [0.29, 0.717) is 18.1 Å². The van der Waals surface area contributed by atoms with E-state index in [1.807, 2.05) is 0 Å². The molecule has 8 heteroatoms. The van der Waals surface area contributed by atoms with Crippen molar-refractivity contribution in [3.8, 4) is 0 Å². The molecule has 5 fully saturated rings. The minimum atomic E-state index is 0.126. The number of morpholine rings is 1. The highest BCUT2D eigenvalue weighted by Crippen LogP contribution is 2.28. The lowest BCUT2D eigenvalue weighted by atomic mass is 9.94. The molecule has 4 N–H and O–H groups in total. The van der Waals surface area contributed by atoms with Crippen molar-refractivity contribution in [1.29, 1.82) is 0 Å². The number of likely N-dealkylation sites (tertiary alicyclic amines) is 1. The van der Waals surface area contributed by atoms with Crippen LogP contribution in [0.1, 0.15) is 38.5 Å². The number of ether oxygens (including phenoxy) is 1. The Balaban J connectivity index is 1.09. The molecule has 8 nitrogen and oxygen atoms in total. The van der Waals surface area contributed by atoms with Gasteiger partial charge < -0.3 is 15.4 Å². The molecule has 5 aliphatic rings. The fourth-order valence-electron chi connectivity index (χ4n) is 5.98. The Bertz CT molecular complexity index is 505. The molecule has 5 rings (SSSR count). The lowest BCUT2D eigenvalue weighted by molar-refractivity contribution is -0.0287. The maximum Gasteiger partial charge on any atom is 0.146 e. The molecule has 0 aliphatic carbocycles. The number of hydrogen-bond donors (Lipinski definition) is 4. The van der Waals surface area contributed by atoms with Crippen LogP contribution >= 0.6 is 0 Å². The van der Waals surface area contributed by atoms with Gasteiger partial charge >= 0.3 is 0 Å². The minimum Gasteiger partial charge on any atom is -0.379 e. The Hall–Kier alpha value is -0.320. The number of piperidine rings is 2. The Morgan fingerprint density at radius 2 is 1.79 bits per heavy atom. The Kier molecular flexibility index (Phi) is 7.00. The molecule has 0 radical (unpaired) electrons. The molecular weight excluding hydrogens is 368 g/mol. The van der Waals surface area contributed by atoms with Crippen molar-refractivity contribution in [2.45, 2.75) is 63.1 Å². The third kappa shape index (κ3) is 4.96. The van der Waals surface area contributed by atoms with Crippen molar-refractivity contribution in [3.05, 3.63) is 0 Å². The summed E-state index contributed by atoms with van der Waals surface area (Å²) in [6, 6.07) is 0.514. The SMILES string of the molecule is C1CC(C2NC(C3CCC(N4CCOCC4)NC3)NO2)N(CC2CCNCC2)C1. The standard InChI is InChI=1S/C21H40N6O2/c1-2-18(27(9-1)15-16-5-7-22-8-6-16)21-24-20(25-29-21)17-3-4-19(23-14-17)26-10-12-28-13-11-26/h16-25H,1-15H2. The summed E-state index contributed by atoms with van der Waals surface area (Å²) in [7, 11) is 0. The number of rotatable bonds is 5. The highest BCUT2D eigenvalue weighted by Gasteiger charge is 2.41. The van der Waals surface area contributed by atoms with Crippen molar-refractivity contribution in [2.75, 3.05) is 59.0 Å². The van der Waals surface area contributed by atoms with Crippen LogP contribution in [-0.4, -0.2) is 93.4 Å². The van der Waals surface area contributed by atoms with Gasteiger partial charge in [0.05, 0.1) is 31.6 Å². The fourth-order valence-corrected chi connectivity index (χ4v) is 5.98. The lowest BCUT2D eigenvalue weighted by Crippen LogP contribution is -2.57. The Morgan fingerprint density at radius 3 is 2.59 bits per heavy atom. The third-order valence-corrected chi connectivity index (χ3v) is 7.77. The zero-order valence-corrected chi connectivity index (χ0v) is 17.8. The molecule has 29 heavy (non-hydrogen) atoms. The van der Waals surface area contributed by atoms with Crippen LogP contribution in [0.15, 0.2) is 0 Å². The zero-order chi connectivity index (χ0) is 19.5. The number of nitrogens with zero attached hydrogens (tertiary/aromatic N) is 2. The third-order valence-electron chi connectivity index (χ3n) is 7.77. The summed E-state index contributed by atoms with van der Waals surface area (Å²) in [6.07, 6.45) is 8.54. The molecule has 5 unspecified atom stereocenters. The molecule has 0 aromatic heterocycles. The normalized spacial score (nSPS) is 41.2. The van der Waals surface area contributed by atoms with Gasteiger partial charge in [0.1, 0.15) is 6.23 Å². The lowest BCUT2D eigenvalue weighted by Gasteiger charge is -2.40. The quantitative estimate of drug-likeness (QED) is 0.502. The van der Waals surface area contributed by atoms with Gasteiger partial charge in [-0.05, 0) is 64.1 Å². The number of hydroxylamine groups is 1. The maximum absolute atomic E-state index is 6.10. The van der Waals surface area contributed by atoms with Gasteiger partial charge in [0.15, 0.2) is 0 Å². The minimum absolute atomic E-state index is 0.126. The van der Waals surface area contributed by atoms with Crippen LogP contribution < -0.4 is 21.4 Å². The monoisotopic (exact) mass is 408 g/mol. The van der Waals surface area contributed by atoms with Crippen molar-refractivity contribution in [3.63, 3.8) is 0 Å². The van der Waals surface area contributed by atoms with E-state index in [1.54, 1.807) is 0 Å². The van der Waals surface area contributed by atoms with Crippen LogP contribution in [0, 0.1) is 11.8 Å². The summed E-state index contributed by atoms with van der Waals surface area (Å²) in [4.78, 5) is 11.3. The van der Waals surface area contributed by atoms with Gasteiger partial charge in [-0.25, -0.2) is 0 Å². The first-order valence-corrected chi connectivity index (χ1v) is 12.0. The molecular formula is C21H40N6O2. The average molecular weight is 409 g/mol. The molecule has 5 heterocycles. The van der Waals surface area contributed by atoms with Gasteiger partial charge in [0, 0.05) is 32.1 Å². The second kappa shape index (κ2) is 9.87. The first-order chi connectivity index (χ1) is 14.4. The van der Waals surface area contributed by atoms with Crippen molar-refractivity contribution < 1.29 is 9.57 Å². The fraction of sp³-hybridized carbons (Fsp3) is 1.00. The molecule has 0 aromatic rings. The predicted molar refractivity (Wildman–Crippen MR) is 112 cm³/mol. The van der Waals surface area contributed by atoms with E-state index in [9.17, 15) is 0 Å². The van der Waals surface area contributed by atoms with Gasteiger partial charge in [-0.15, -0.1) is 0 Å². The Morgan fingerprint density at radius 1 is 0.931 bits per heavy atom. The molecule has 0 spiro atoms. The van der Waals surface area contributed by atoms with E-state index in [2.05, 4.69) is 31.2 Å². The van der Waals surface area contributed by atoms with Gasteiger partial charge in [0.2, 0.25) is 0 Å². The molecule has 0 amide bonds. The smallest absolute Gasteiger partial charge is 0.146 e. The van der Waals surface area contributed by atoms with Crippen molar-refractivity contribution >= 4 is 0 Å². The first-order valence-electron chi connectivity index (χ1n) is 12.0. The largest absolute Gasteiger partial charge is 0.379 e. The molecule has 166 valence electrons. The van der Waals surface area contributed by atoms with Gasteiger partial charge in [-0.1, -0.05) is 0 Å². The summed E-state index contributed by atoms with van der Waals surface area (Å²) in [6.45, 7) is 9.75. The highest BCUT2D eigenvalue weighted by atomic mass is 16.7. The number of hydrogen-bond acceptors (Lipinski definition) is 8. The predicted octanol–water partition coefficient (Wildman–Crippen LogP) is -0.115. The summed E-state index contributed by atoms with van der Waals surface area (Å²) in [5, 5.41) is 11.1. The molecule has 5 saturated heterocycles. The van der Waals surface area contributed by atoms with Crippen LogP contribution in [0.3, 0.4) is 0 Å². The van der Waals surface area contributed by atoms with Gasteiger partial charge in [-0.3, -0.25) is 20.0 Å². The summed E-state index contributed by atoms with van der Waals surface area (Å²) in [5.74, 6) is 1.43. The van der Waals surface area contributed by atoms with Crippen molar-refractivity contribution in [2.24, 2.45) is 11.8 Å². The average Bonchev–Trinajstić information content (AvgIpc) is 3.45.